The lowest BCUT2D eigenvalue weighted by molar-refractivity contribution is 0.758. The van der Waals surface area contributed by atoms with Gasteiger partial charge in [0.1, 0.15) is 0 Å². The van der Waals surface area contributed by atoms with Crippen LogP contribution in [0.4, 0.5) is 5.69 Å². The Bertz CT molecular complexity index is 430. The highest BCUT2D eigenvalue weighted by Gasteiger charge is 2.14. The van der Waals surface area contributed by atoms with E-state index in [9.17, 15) is 0 Å². The fourth-order valence-electron chi connectivity index (χ4n) is 2.03. The fourth-order valence-corrected chi connectivity index (χ4v) is 2.03. The highest BCUT2D eigenvalue weighted by atomic mass is 15.0. The number of hydrogen-bond donors (Lipinski definition) is 1. The van der Waals surface area contributed by atoms with Gasteiger partial charge >= 0.3 is 0 Å². The second-order valence-corrected chi connectivity index (χ2v) is 3.91. The van der Waals surface area contributed by atoms with Crippen molar-refractivity contribution in [1.29, 1.82) is 0 Å². The van der Waals surface area contributed by atoms with Gasteiger partial charge in [0.05, 0.1) is 17.4 Å². The van der Waals surface area contributed by atoms with E-state index in [0.717, 1.165) is 16.6 Å². The van der Waals surface area contributed by atoms with E-state index in [1.54, 1.807) is 6.20 Å². The molecule has 0 saturated heterocycles. The average Bonchev–Trinajstić information content (AvgIpc) is 2.41. The van der Waals surface area contributed by atoms with Crippen molar-refractivity contribution in [2.45, 2.75) is 19.8 Å². The summed E-state index contributed by atoms with van der Waals surface area (Å²) in [5, 5.41) is 1.10. The Labute approximate surface area is 83.6 Å². The van der Waals surface area contributed by atoms with Gasteiger partial charge in [-0.1, -0.05) is 13.8 Å². The summed E-state index contributed by atoms with van der Waals surface area (Å²) < 4.78 is 2.13. The van der Waals surface area contributed by atoms with Gasteiger partial charge in [-0.2, -0.15) is 0 Å². The van der Waals surface area contributed by atoms with Crippen molar-refractivity contribution in [1.82, 2.24) is 9.55 Å². The van der Waals surface area contributed by atoms with E-state index >= 15 is 0 Å². The van der Waals surface area contributed by atoms with Gasteiger partial charge in [-0.15, -0.1) is 0 Å². The van der Waals surface area contributed by atoms with Crippen LogP contribution >= 0.6 is 0 Å². The smallest absolute Gasteiger partial charge is 0.0687 e. The van der Waals surface area contributed by atoms with Gasteiger partial charge in [0.2, 0.25) is 0 Å². The van der Waals surface area contributed by atoms with E-state index in [2.05, 4.69) is 23.4 Å². The lowest BCUT2D eigenvalue weighted by Crippen LogP contribution is -2.01. The van der Waals surface area contributed by atoms with Crippen molar-refractivity contribution in [2.75, 3.05) is 5.73 Å². The summed E-state index contributed by atoms with van der Waals surface area (Å²) in [6.45, 7) is 4.30. The van der Waals surface area contributed by atoms with Gasteiger partial charge in [-0.25, -0.2) is 0 Å². The maximum absolute atomic E-state index is 6.09. The number of anilines is 1. The molecule has 0 aliphatic heterocycles. The van der Waals surface area contributed by atoms with Crippen LogP contribution < -0.4 is 5.73 Å². The number of nitrogens with zero attached hydrogens (tertiary/aromatic N) is 2. The first-order valence-corrected chi connectivity index (χ1v) is 4.80. The van der Waals surface area contributed by atoms with Gasteiger partial charge in [0, 0.05) is 24.3 Å². The molecule has 0 saturated carbocycles. The summed E-state index contributed by atoms with van der Waals surface area (Å²) in [7, 11) is 2.04. The molecule has 0 aromatic carbocycles. The first-order valence-electron chi connectivity index (χ1n) is 4.80. The molecule has 3 heteroatoms. The largest absolute Gasteiger partial charge is 0.397 e. The zero-order valence-corrected chi connectivity index (χ0v) is 8.78. The minimum Gasteiger partial charge on any atom is -0.397 e. The third kappa shape index (κ3) is 1.09. The van der Waals surface area contributed by atoms with Crippen molar-refractivity contribution in [3.05, 3.63) is 24.2 Å². The number of rotatable bonds is 1. The summed E-state index contributed by atoms with van der Waals surface area (Å²) in [6.07, 6.45) is 3.64. The highest BCUT2D eigenvalue weighted by Crippen LogP contribution is 2.31. The van der Waals surface area contributed by atoms with E-state index < -0.39 is 0 Å². The molecule has 2 N–H and O–H groups in total. The van der Waals surface area contributed by atoms with Crippen LogP contribution in [0.5, 0.6) is 0 Å². The van der Waals surface area contributed by atoms with Crippen molar-refractivity contribution in [2.24, 2.45) is 7.05 Å². The molecule has 2 aromatic rings. The maximum atomic E-state index is 6.09. The van der Waals surface area contributed by atoms with Gasteiger partial charge in [-0.3, -0.25) is 4.98 Å². The minimum absolute atomic E-state index is 0.437. The quantitative estimate of drug-likeness (QED) is 0.748. The topological polar surface area (TPSA) is 43.8 Å². The third-order valence-electron chi connectivity index (χ3n) is 2.64. The Morgan fingerprint density at radius 3 is 2.71 bits per heavy atom. The molecule has 0 atom stereocenters. The van der Waals surface area contributed by atoms with Crippen LogP contribution in [0.2, 0.25) is 0 Å². The van der Waals surface area contributed by atoms with Crippen LogP contribution in [0, 0.1) is 0 Å². The Kier molecular flexibility index (Phi) is 1.95. The third-order valence-corrected chi connectivity index (χ3v) is 2.64. The molecule has 0 bridgehead atoms. The monoisotopic (exact) mass is 189 g/mol. The van der Waals surface area contributed by atoms with Gasteiger partial charge in [0.15, 0.2) is 0 Å². The van der Waals surface area contributed by atoms with Crippen molar-refractivity contribution in [3.8, 4) is 0 Å². The van der Waals surface area contributed by atoms with E-state index in [1.165, 1.54) is 5.69 Å². The predicted octanol–water partition coefficient (Wildman–Crippen LogP) is 2.28. The second-order valence-electron chi connectivity index (χ2n) is 3.91. The molecule has 0 spiro atoms. The average molecular weight is 189 g/mol. The molecule has 2 rings (SSSR count). The second kappa shape index (κ2) is 3.01. The number of nitrogens with two attached hydrogens (primary N) is 1. The molecule has 2 heterocycles. The Morgan fingerprint density at radius 1 is 1.43 bits per heavy atom. The Hall–Kier alpha value is -1.51. The normalized spacial score (nSPS) is 11.4. The molecule has 0 unspecified atom stereocenters. The summed E-state index contributed by atoms with van der Waals surface area (Å²) >= 11 is 0. The molecule has 3 nitrogen and oxygen atoms in total. The standard InChI is InChI=1S/C11H15N3/c1-7(2)11-10(12)8-4-5-13-6-9(8)14(11)3/h4-7H,12H2,1-3H3. The minimum atomic E-state index is 0.437. The van der Waals surface area contributed by atoms with Crippen molar-refractivity contribution in [3.63, 3.8) is 0 Å². The lowest BCUT2D eigenvalue weighted by Gasteiger charge is -2.08. The van der Waals surface area contributed by atoms with Gasteiger partial charge in [0.25, 0.3) is 0 Å². The van der Waals surface area contributed by atoms with Crippen LogP contribution in [0.3, 0.4) is 0 Å². The van der Waals surface area contributed by atoms with E-state index in [1.807, 2.05) is 19.3 Å². The maximum Gasteiger partial charge on any atom is 0.0687 e. The lowest BCUT2D eigenvalue weighted by atomic mass is 10.1. The Balaban J connectivity index is 2.85. The number of nitrogen functional groups attached to an aromatic ring is 1. The molecular formula is C11H15N3. The van der Waals surface area contributed by atoms with Crippen molar-refractivity contribution >= 4 is 16.6 Å². The number of fused-ring (bicyclic) bond motifs is 1. The number of hydrogen-bond acceptors (Lipinski definition) is 2. The Morgan fingerprint density at radius 2 is 2.14 bits per heavy atom. The van der Waals surface area contributed by atoms with Crippen LogP contribution in [-0.2, 0) is 7.05 Å². The predicted molar refractivity (Wildman–Crippen MR) is 59.2 cm³/mol. The van der Waals surface area contributed by atoms with E-state index in [-0.39, 0.29) is 0 Å². The zero-order valence-electron chi connectivity index (χ0n) is 8.78. The molecular weight excluding hydrogens is 174 g/mol. The highest BCUT2D eigenvalue weighted by molar-refractivity contribution is 5.93. The molecule has 0 radical (unpaired) electrons. The fraction of sp³-hybridized carbons (Fsp3) is 0.364. The number of aromatic nitrogens is 2. The molecule has 2 aromatic heterocycles. The first-order chi connectivity index (χ1) is 6.63. The van der Waals surface area contributed by atoms with E-state index in [4.69, 9.17) is 5.73 Å². The zero-order chi connectivity index (χ0) is 10.3. The molecule has 74 valence electrons. The number of pyridine rings is 1. The first kappa shape index (κ1) is 9.06. The SMILES string of the molecule is CC(C)c1c(N)c2ccncc2n1C. The number of aryl methyl sites for hydroxylation is 1. The summed E-state index contributed by atoms with van der Waals surface area (Å²) in [5.41, 5.74) is 9.27. The van der Waals surface area contributed by atoms with Crippen LogP contribution in [0.1, 0.15) is 25.5 Å². The van der Waals surface area contributed by atoms with Gasteiger partial charge in [-0.05, 0) is 12.0 Å². The molecule has 0 fully saturated rings. The summed E-state index contributed by atoms with van der Waals surface area (Å²) in [5.74, 6) is 0.437. The molecule has 0 amide bonds. The van der Waals surface area contributed by atoms with Crippen molar-refractivity contribution < 1.29 is 0 Å². The van der Waals surface area contributed by atoms with Crippen LogP contribution in [0.25, 0.3) is 10.9 Å². The molecule has 0 aliphatic carbocycles. The van der Waals surface area contributed by atoms with Crippen LogP contribution in [0.15, 0.2) is 18.5 Å². The summed E-state index contributed by atoms with van der Waals surface area (Å²) in [4.78, 5) is 4.11. The summed E-state index contributed by atoms with van der Waals surface area (Å²) in [6, 6.07) is 1.97. The van der Waals surface area contributed by atoms with E-state index in [0.29, 0.717) is 5.92 Å². The molecule has 0 aliphatic rings. The molecule has 14 heavy (non-hydrogen) atoms. The van der Waals surface area contributed by atoms with Crippen LogP contribution in [-0.4, -0.2) is 9.55 Å². The van der Waals surface area contributed by atoms with Gasteiger partial charge < -0.3 is 10.3 Å².